The number of nitrogens with zero attached hydrogens (tertiary/aromatic N) is 2. The van der Waals surface area contributed by atoms with Crippen molar-refractivity contribution in [3.8, 4) is 16.6 Å². The number of benzene rings is 1. The van der Waals surface area contributed by atoms with Crippen LogP contribution in [-0.2, 0) is 11.3 Å². The molecular weight excluding hydrogens is 390 g/mol. The maximum Gasteiger partial charge on any atom is 0.287 e. The number of hydrogen-bond acceptors (Lipinski definition) is 7. The summed E-state index contributed by atoms with van der Waals surface area (Å²) in [5, 5.41) is 3.58. The molecule has 7 nitrogen and oxygen atoms in total. The van der Waals surface area contributed by atoms with Crippen LogP contribution in [0.1, 0.15) is 16.1 Å². The van der Waals surface area contributed by atoms with Gasteiger partial charge >= 0.3 is 0 Å². The molecule has 0 saturated heterocycles. The van der Waals surface area contributed by atoms with E-state index in [0.29, 0.717) is 24.9 Å². The zero-order chi connectivity index (χ0) is 20.1. The number of nitrogens with one attached hydrogen (secondary N) is 1. The second-order valence-corrected chi connectivity index (χ2v) is 7.17. The number of thiazole rings is 1. The van der Waals surface area contributed by atoms with Crippen molar-refractivity contribution in [1.82, 2.24) is 15.3 Å². The van der Waals surface area contributed by atoms with Crippen LogP contribution >= 0.6 is 11.3 Å². The van der Waals surface area contributed by atoms with Gasteiger partial charge in [0.15, 0.2) is 16.5 Å². The largest absolute Gasteiger partial charge is 0.475 e. The van der Waals surface area contributed by atoms with Crippen LogP contribution in [0.3, 0.4) is 0 Å². The summed E-state index contributed by atoms with van der Waals surface area (Å²) in [5.41, 5.74) is 1.68. The van der Waals surface area contributed by atoms with Crippen molar-refractivity contribution in [1.29, 1.82) is 0 Å². The SMILES string of the molecule is COCCOc1ncccc1CNC(=O)c1ccc(-c2nc3ccccc3s2)o1. The minimum Gasteiger partial charge on any atom is -0.475 e. The average Bonchev–Trinajstić information content (AvgIpc) is 3.40. The number of carbonyl (C=O) groups is 1. The lowest BCUT2D eigenvalue weighted by Gasteiger charge is -2.10. The first-order valence-electron chi connectivity index (χ1n) is 9.04. The topological polar surface area (TPSA) is 86.5 Å². The molecule has 0 unspecified atom stereocenters. The second kappa shape index (κ2) is 8.85. The van der Waals surface area contributed by atoms with E-state index in [0.717, 1.165) is 20.8 Å². The number of aromatic nitrogens is 2. The number of hydrogen-bond donors (Lipinski definition) is 1. The van der Waals surface area contributed by atoms with Gasteiger partial charge < -0.3 is 19.2 Å². The highest BCUT2D eigenvalue weighted by molar-refractivity contribution is 7.21. The van der Waals surface area contributed by atoms with Crippen LogP contribution in [0.4, 0.5) is 0 Å². The Hall–Kier alpha value is -3.23. The number of pyridine rings is 1. The molecule has 1 amide bonds. The molecule has 1 N–H and O–H groups in total. The highest BCUT2D eigenvalue weighted by atomic mass is 32.1. The first-order chi connectivity index (χ1) is 14.2. The summed E-state index contributed by atoms with van der Waals surface area (Å²) >= 11 is 1.53. The van der Waals surface area contributed by atoms with Gasteiger partial charge in [-0.2, -0.15) is 0 Å². The maximum absolute atomic E-state index is 12.5. The van der Waals surface area contributed by atoms with Gasteiger partial charge in [0.1, 0.15) is 6.61 Å². The number of furan rings is 1. The summed E-state index contributed by atoms with van der Waals surface area (Å²) in [6.07, 6.45) is 1.64. The first-order valence-corrected chi connectivity index (χ1v) is 9.86. The lowest BCUT2D eigenvalue weighted by Crippen LogP contribution is -2.23. The molecule has 148 valence electrons. The van der Waals surface area contributed by atoms with E-state index in [1.54, 1.807) is 31.5 Å². The van der Waals surface area contributed by atoms with E-state index in [1.807, 2.05) is 30.3 Å². The van der Waals surface area contributed by atoms with E-state index >= 15 is 0 Å². The molecule has 29 heavy (non-hydrogen) atoms. The van der Waals surface area contributed by atoms with Gasteiger partial charge in [0.05, 0.1) is 16.8 Å². The highest BCUT2D eigenvalue weighted by Gasteiger charge is 2.15. The molecule has 3 aromatic heterocycles. The van der Waals surface area contributed by atoms with Crippen molar-refractivity contribution < 1.29 is 18.7 Å². The average molecular weight is 409 g/mol. The summed E-state index contributed by atoms with van der Waals surface area (Å²) in [5.74, 6) is 0.954. The van der Waals surface area contributed by atoms with Crippen molar-refractivity contribution >= 4 is 27.5 Å². The number of carbonyl (C=O) groups excluding carboxylic acids is 1. The molecule has 0 atom stereocenters. The molecule has 4 rings (SSSR count). The predicted octanol–water partition coefficient (Wildman–Crippen LogP) is 3.91. The molecule has 0 bridgehead atoms. The van der Waals surface area contributed by atoms with Gasteiger partial charge in [-0.1, -0.05) is 18.2 Å². The summed E-state index contributed by atoms with van der Waals surface area (Å²) in [6.45, 7) is 1.12. The minimum absolute atomic E-state index is 0.227. The number of amides is 1. The highest BCUT2D eigenvalue weighted by Crippen LogP contribution is 2.31. The van der Waals surface area contributed by atoms with Crippen LogP contribution in [0.15, 0.2) is 59.1 Å². The molecule has 0 aliphatic carbocycles. The Morgan fingerprint density at radius 2 is 2.03 bits per heavy atom. The van der Waals surface area contributed by atoms with E-state index in [4.69, 9.17) is 13.9 Å². The predicted molar refractivity (Wildman–Crippen MR) is 110 cm³/mol. The fourth-order valence-corrected chi connectivity index (χ4v) is 3.65. The van der Waals surface area contributed by atoms with Gasteiger partial charge in [-0.05, 0) is 30.3 Å². The van der Waals surface area contributed by atoms with Crippen LogP contribution in [0.25, 0.3) is 21.0 Å². The third-order valence-corrected chi connectivity index (χ3v) is 5.20. The summed E-state index contributed by atoms with van der Waals surface area (Å²) in [6, 6.07) is 14.9. The number of para-hydroxylation sites is 1. The quantitative estimate of drug-likeness (QED) is 0.444. The van der Waals surface area contributed by atoms with Crippen molar-refractivity contribution in [2.75, 3.05) is 20.3 Å². The van der Waals surface area contributed by atoms with Crippen molar-refractivity contribution in [3.63, 3.8) is 0 Å². The van der Waals surface area contributed by atoms with E-state index in [9.17, 15) is 4.79 Å². The van der Waals surface area contributed by atoms with Crippen molar-refractivity contribution in [2.24, 2.45) is 0 Å². The summed E-state index contributed by atoms with van der Waals surface area (Å²) in [7, 11) is 1.61. The third-order valence-electron chi connectivity index (χ3n) is 4.15. The van der Waals surface area contributed by atoms with Gasteiger partial charge in [-0.25, -0.2) is 9.97 Å². The smallest absolute Gasteiger partial charge is 0.287 e. The van der Waals surface area contributed by atoms with Crippen LogP contribution < -0.4 is 10.1 Å². The van der Waals surface area contributed by atoms with Gasteiger partial charge in [-0.3, -0.25) is 4.79 Å². The molecule has 0 spiro atoms. The Balaban J connectivity index is 1.42. The molecule has 0 saturated carbocycles. The fraction of sp³-hybridized carbons (Fsp3) is 0.190. The van der Waals surface area contributed by atoms with Crippen LogP contribution in [0, 0.1) is 0 Å². The zero-order valence-corrected chi connectivity index (χ0v) is 16.6. The Morgan fingerprint density at radius 3 is 2.90 bits per heavy atom. The Labute approximate surface area is 171 Å². The van der Waals surface area contributed by atoms with Gasteiger partial charge in [0, 0.05) is 25.4 Å². The minimum atomic E-state index is -0.316. The molecular formula is C21H19N3O4S. The third kappa shape index (κ3) is 4.44. The van der Waals surface area contributed by atoms with Crippen LogP contribution in [-0.4, -0.2) is 36.2 Å². The fourth-order valence-electron chi connectivity index (χ4n) is 2.73. The van der Waals surface area contributed by atoms with E-state index < -0.39 is 0 Å². The summed E-state index contributed by atoms with van der Waals surface area (Å²) in [4.78, 5) is 21.3. The summed E-state index contributed by atoms with van der Waals surface area (Å²) < 4.78 is 17.4. The van der Waals surface area contributed by atoms with E-state index in [1.165, 1.54) is 11.3 Å². The molecule has 0 fully saturated rings. The Morgan fingerprint density at radius 1 is 1.14 bits per heavy atom. The lowest BCUT2D eigenvalue weighted by atomic mass is 10.2. The molecule has 0 radical (unpaired) electrons. The lowest BCUT2D eigenvalue weighted by molar-refractivity contribution is 0.0923. The van der Waals surface area contributed by atoms with Crippen molar-refractivity contribution in [3.05, 3.63) is 66.1 Å². The van der Waals surface area contributed by atoms with Gasteiger partial charge in [0.2, 0.25) is 5.88 Å². The molecule has 8 heteroatoms. The van der Waals surface area contributed by atoms with Crippen molar-refractivity contribution in [2.45, 2.75) is 6.54 Å². The molecule has 0 aliphatic rings. The van der Waals surface area contributed by atoms with Crippen LogP contribution in [0.2, 0.25) is 0 Å². The monoisotopic (exact) mass is 409 g/mol. The Bertz CT molecular complexity index is 1090. The van der Waals surface area contributed by atoms with E-state index in [-0.39, 0.29) is 18.2 Å². The normalized spacial score (nSPS) is 10.9. The van der Waals surface area contributed by atoms with E-state index in [2.05, 4.69) is 15.3 Å². The first kappa shape index (κ1) is 19.1. The number of methoxy groups -OCH3 is 1. The second-order valence-electron chi connectivity index (χ2n) is 6.14. The zero-order valence-electron chi connectivity index (χ0n) is 15.8. The molecule has 1 aromatic carbocycles. The Kier molecular flexibility index (Phi) is 5.83. The molecule has 0 aliphatic heterocycles. The molecule has 4 aromatic rings. The maximum atomic E-state index is 12.5. The number of fused-ring (bicyclic) bond motifs is 1. The van der Waals surface area contributed by atoms with Crippen LogP contribution in [0.5, 0.6) is 5.88 Å². The van der Waals surface area contributed by atoms with Gasteiger partial charge in [-0.15, -0.1) is 11.3 Å². The number of ether oxygens (including phenoxy) is 2. The van der Waals surface area contributed by atoms with Gasteiger partial charge in [0.25, 0.3) is 5.91 Å². The number of rotatable bonds is 8. The molecule has 3 heterocycles. The standard InChI is InChI=1S/C21H19N3O4S/c1-26-11-12-27-20-14(5-4-10-22-20)13-23-19(25)16-8-9-17(28-16)21-24-15-6-2-3-7-18(15)29-21/h2-10H,11-13H2,1H3,(H,23,25).